The number of nitrogens with one attached hydrogen (secondary N) is 2. The molecule has 152 valence electrons. The minimum atomic E-state index is -0.384. The predicted molar refractivity (Wildman–Crippen MR) is 106 cm³/mol. The molecule has 0 aliphatic carbocycles. The van der Waals surface area contributed by atoms with Crippen molar-refractivity contribution in [1.29, 1.82) is 0 Å². The number of rotatable bonds is 8. The summed E-state index contributed by atoms with van der Waals surface area (Å²) in [5.74, 6) is 1.70. The summed E-state index contributed by atoms with van der Waals surface area (Å²) in [6, 6.07) is 8.24. The Morgan fingerprint density at radius 3 is 2.82 bits per heavy atom. The lowest BCUT2D eigenvalue weighted by Gasteiger charge is -2.34. The fraction of sp³-hybridized carbons (Fsp3) is 0.550. The van der Waals surface area contributed by atoms with Crippen LogP contribution in [0.3, 0.4) is 0 Å². The van der Waals surface area contributed by atoms with Gasteiger partial charge >= 0.3 is 5.69 Å². The number of aromatic amines is 2. The fourth-order valence-corrected chi connectivity index (χ4v) is 3.74. The molecule has 8 heteroatoms. The number of carbonyl (C=O) groups is 1. The van der Waals surface area contributed by atoms with Crippen molar-refractivity contribution in [3.05, 3.63) is 46.1 Å². The molecule has 1 aliphatic heterocycles. The topological polar surface area (TPSA) is 94.3 Å². The Morgan fingerprint density at radius 2 is 2.14 bits per heavy atom. The number of nitrogens with zero attached hydrogens (tertiary/aromatic N) is 3. The lowest BCUT2D eigenvalue weighted by atomic mass is 9.97. The zero-order chi connectivity index (χ0) is 19.9. The largest absolute Gasteiger partial charge is 0.497 e. The first-order valence-electron chi connectivity index (χ1n) is 9.76. The van der Waals surface area contributed by atoms with Crippen LogP contribution >= 0.6 is 0 Å². The third-order valence-electron chi connectivity index (χ3n) is 5.31. The molecule has 0 saturated carbocycles. The van der Waals surface area contributed by atoms with Crippen molar-refractivity contribution in [2.45, 2.75) is 25.7 Å². The van der Waals surface area contributed by atoms with E-state index in [1.54, 1.807) is 12.0 Å². The SMILES string of the molecule is COc1ccc(CCN2CCCC(CN(C)C(=O)Cc3n[nH]c(=O)[nH]3)C2)cc1. The van der Waals surface area contributed by atoms with Crippen LogP contribution in [-0.2, 0) is 17.6 Å². The van der Waals surface area contributed by atoms with Gasteiger partial charge in [-0.05, 0) is 49.4 Å². The number of hydrogen-bond donors (Lipinski definition) is 2. The van der Waals surface area contributed by atoms with Crippen LogP contribution in [0.2, 0.25) is 0 Å². The molecular weight excluding hydrogens is 358 g/mol. The summed E-state index contributed by atoms with van der Waals surface area (Å²) in [5, 5.41) is 6.09. The minimum Gasteiger partial charge on any atom is -0.497 e. The van der Waals surface area contributed by atoms with Crippen molar-refractivity contribution in [1.82, 2.24) is 25.0 Å². The molecule has 1 fully saturated rings. The number of H-pyrrole nitrogens is 2. The summed E-state index contributed by atoms with van der Waals surface area (Å²) in [5.41, 5.74) is 0.924. The van der Waals surface area contributed by atoms with E-state index in [1.165, 1.54) is 5.56 Å². The van der Waals surface area contributed by atoms with Crippen LogP contribution in [0.5, 0.6) is 5.75 Å². The van der Waals surface area contributed by atoms with Gasteiger partial charge in [0, 0.05) is 26.7 Å². The summed E-state index contributed by atoms with van der Waals surface area (Å²) in [7, 11) is 3.50. The van der Waals surface area contributed by atoms with E-state index in [0.29, 0.717) is 11.7 Å². The van der Waals surface area contributed by atoms with E-state index in [9.17, 15) is 9.59 Å². The molecule has 3 rings (SSSR count). The second-order valence-corrected chi connectivity index (χ2v) is 7.48. The number of benzene rings is 1. The van der Waals surface area contributed by atoms with E-state index in [2.05, 4.69) is 32.2 Å². The van der Waals surface area contributed by atoms with Crippen molar-refractivity contribution < 1.29 is 9.53 Å². The molecule has 1 atom stereocenters. The zero-order valence-electron chi connectivity index (χ0n) is 16.6. The van der Waals surface area contributed by atoms with Crippen LogP contribution in [0.15, 0.2) is 29.1 Å². The second-order valence-electron chi connectivity index (χ2n) is 7.48. The minimum absolute atomic E-state index is 0.0295. The maximum absolute atomic E-state index is 12.4. The number of ether oxygens (including phenoxy) is 1. The molecule has 0 spiro atoms. The summed E-state index contributed by atoms with van der Waals surface area (Å²) in [4.78, 5) is 30.2. The average Bonchev–Trinajstić information content (AvgIpc) is 3.11. The first-order valence-corrected chi connectivity index (χ1v) is 9.76. The van der Waals surface area contributed by atoms with Gasteiger partial charge in [0.1, 0.15) is 11.6 Å². The third kappa shape index (κ3) is 5.69. The molecule has 0 bridgehead atoms. The van der Waals surface area contributed by atoms with Crippen molar-refractivity contribution in [2.24, 2.45) is 5.92 Å². The van der Waals surface area contributed by atoms with Gasteiger partial charge in [-0.1, -0.05) is 12.1 Å². The van der Waals surface area contributed by atoms with Gasteiger partial charge < -0.3 is 14.5 Å². The van der Waals surface area contributed by atoms with E-state index in [4.69, 9.17) is 4.74 Å². The van der Waals surface area contributed by atoms with Crippen LogP contribution in [0.4, 0.5) is 0 Å². The van der Waals surface area contributed by atoms with E-state index in [0.717, 1.165) is 51.2 Å². The molecule has 1 saturated heterocycles. The van der Waals surface area contributed by atoms with Crippen LogP contribution in [0.1, 0.15) is 24.2 Å². The highest BCUT2D eigenvalue weighted by Crippen LogP contribution is 2.19. The normalized spacial score (nSPS) is 17.4. The molecule has 1 aromatic carbocycles. The number of likely N-dealkylation sites (N-methyl/N-ethyl adjacent to an activating group) is 1. The number of piperidine rings is 1. The highest BCUT2D eigenvalue weighted by Gasteiger charge is 2.23. The summed E-state index contributed by atoms with van der Waals surface area (Å²) in [6.45, 7) is 3.87. The van der Waals surface area contributed by atoms with Gasteiger partial charge in [0.2, 0.25) is 5.91 Å². The average molecular weight is 387 g/mol. The van der Waals surface area contributed by atoms with Gasteiger partial charge in [0.25, 0.3) is 0 Å². The molecule has 8 nitrogen and oxygen atoms in total. The smallest absolute Gasteiger partial charge is 0.340 e. The van der Waals surface area contributed by atoms with E-state index in [1.807, 2.05) is 19.2 Å². The predicted octanol–water partition coefficient (Wildman–Crippen LogP) is 1.06. The number of amides is 1. The first kappa shape index (κ1) is 20.1. The molecule has 1 aliphatic rings. The molecule has 1 aromatic heterocycles. The molecule has 2 heterocycles. The quantitative estimate of drug-likeness (QED) is 0.706. The second kappa shape index (κ2) is 9.54. The fourth-order valence-electron chi connectivity index (χ4n) is 3.74. The van der Waals surface area contributed by atoms with Crippen LogP contribution in [-0.4, -0.2) is 71.2 Å². The maximum Gasteiger partial charge on any atom is 0.340 e. The van der Waals surface area contributed by atoms with Gasteiger partial charge in [-0.25, -0.2) is 9.89 Å². The van der Waals surface area contributed by atoms with Crippen LogP contribution in [0, 0.1) is 5.92 Å². The maximum atomic E-state index is 12.4. The van der Waals surface area contributed by atoms with Crippen molar-refractivity contribution >= 4 is 5.91 Å². The lowest BCUT2D eigenvalue weighted by Crippen LogP contribution is -2.42. The Labute approximate surface area is 164 Å². The number of methoxy groups -OCH3 is 1. The molecule has 0 radical (unpaired) electrons. The van der Waals surface area contributed by atoms with Crippen LogP contribution in [0.25, 0.3) is 0 Å². The Hall–Kier alpha value is -2.61. The summed E-state index contributed by atoms with van der Waals surface area (Å²) in [6.07, 6.45) is 3.42. The standard InChI is InChI=1S/C20H29N5O3/c1-24(19(26)12-18-21-20(27)23-22-18)13-16-4-3-10-25(14-16)11-9-15-5-7-17(28-2)8-6-15/h5-8,16H,3-4,9-14H2,1-2H3,(H2,21,22,23,27). The molecule has 2 N–H and O–H groups in total. The Morgan fingerprint density at radius 1 is 1.36 bits per heavy atom. The Kier molecular flexibility index (Phi) is 6.86. The van der Waals surface area contributed by atoms with Gasteiger partial charge in [0.15, 0.2) is 0 Å². The molecule has 1 amide bonds. The van der Waals surface area contributed by atoms with E-state index >= 15 is 0 Å². The van der Waals surface area contributed by atoms with Gasteiger partial charge in [-0.3, -0.25) is 9.78 Å². The lowest BCUT2D eigenvalue weighted by molar-refractivity contribution is -0.130. The monoisotopic (exact) mass is 387 g/mol. The van der Waals surface area contributed by atoms with E-state index in [-0.39, 0.29) is 18.0 Å². The number of likely N-dealkylation sites (tertiary alicyclic amines) is 1. The summed E-state index contributed by atoms with van der Waals surface area (Å²) >= 11 is 0. The van der Waals surface area contributed by atoms with Crippen molar-refractivity contribution in [3.8, 4) is 5.75 Å². The van der Waals surface area contributed by atoms with Gasteiger partial charge in [-0.2, -0.15) is 5.10 Å². The Balaban J connectivity index is 1.44. The zero-order valence-corrected chi connectivity index (χ0v) is 16.6. The van der Waals surface area contributed by atoms with Crippen molar-refractivity contribution in [3.63, 3.8) is 0 Å². The first-order chi connectivity index (χ1) is 13.5. The van der Waals surface area contributed by atoms with E-state index < -0.39 is 0 Å². The van der Waals surface area contributed by atoms with Crippen molar-refractivity contribution in [2.75, 3.05) is 40.3 Å². The molecule has 2 aromatic rings. The molecule has 28 heavy (non-hydrogen) atoms. The number of carbonyl (C=O) groups excluding carboxylic acids is 1. The molecular formula is C20H29N5O3. The molecule has 1 unspecified atom stereocenters. The van der Waals surface area contributed by atoms with Crippen LogP contribution < -0.4 is 10.4 Å². The number of aromatic nitrogens is 3. The van der Waals surface area contributed by atoms with Gasteiger partial charge in [0.05, 0.1) is 13.5 Å². The third-order valence-corrected chi connectivity index (χ3v) is 5.31. The number of hydrogen-bond acceptors (Lipinski definition) is 5. The highest BCUT2D eigenvalue weighted by atomic mass is 16.5. The Bertz CT molecular complexity index is 814. The van der Waals surface area contributed by atoms with Gasteiger partial charge in [-0.15, -0.1) is 0 Å². The highest BCUT2D eigenvalue weighted by molar-refractivity contribution is 5.77. The summed E-state index contributed by atoms with van der Waals surface area (Å²) < 4.78 is 5.21.